The molecule has 0 N–H and O–H groups in total. The molecular weight excluding hydrogens is 384 g/mol. The molecule has 0 saturated carbocycles. The number of carbonyl (C=O) groups is 2. The molecule has 0 bridgehead atoms. The van der Waals surface area contributed by atoms with Crippen molar-refractivity contribution in [2.75, 3.05) is 33.4 Å². The maximum Gasteiger partial charge on any atom is 0.254 e. The van der Waals surface area contributed by atoms with Gasteiger partial charge in [0.05, 0.1) is 26.0 Å². The summed E-state index contributed by atoms with van der Waals surface area (Å²) in [5, 5.41) is 0. The normalized spacial score (nSPS) is 15.7. The highest BCUT2D eigenvalue weighted by atomic mass is 16.5. The van der Waals surface area contributed by atoms with Gasteiger partial charge in [-0.1, -0.05) is 13.0 Å². The first-order valence-corrected chi connectivity index (χ1v) is 10.5. The summed E-state index contributed by atoms with van der Waals surface area (Å²) in [5.74, 6) is 1.02. The molecule has 1 fully saturated rings. The van der Waals surface area contributed by atoms with Gasteiger partial charge in [0.25, 0.3) is 5.91 Å². The van der Waals surface area contributed by atoms with Crippen LogP contribution >= 0.6 is 0 Å². The molecule has 1 atom stereocenters. The van der Waals surface area contributed by atoms with Gasteiger partial charge in [0.1, 0.15) is 18.1 Å². The van der Waals surface area contributed by atoms with Crippen LogP contribution in [0, 0.1) is 0 Å². The van der Waals surface area contributed by atoms with Gasteiger partial charge >= 0.3 is 0 Å². The number of furan rings is 1. The van der Waals surface area contributed by atoms with E-state index in [4.69, 9.17) is 13.9 Å². The van der Waals surface area contributed by atoms with E-state index in [0.29, 0.717) is 36.7 Å². The summed E-state index contributed by atoms with van der Waals surface area (Å²) in [4.78, 5) is 29.6. The molecule has 1 aromatic carbocycles. The number of nitrogens with zero attached hydrogens (tertiary/aromatic N) is 2. The van der Waals surface area contributed by atoms with Crippen LogP contribution in [0.3, 0.4) is 0 Å². The molecule has 1 aromatic heterocycles. The monoisotopic (exact) mass is 414 g/mol. The van der Waals surface area contributed by atoms with Gasteiger partial charge in [-0.15, -0.1) is 0 Å². The van der Waals surface area contributed by atoms with Crippen molar-refractivity contribution in [1.29, 1.82) is 0 Å². The van der Waals surface area contributed by atoms with Gasteiger partial charge in [-0.3, -0.25) is 9.59 Å². The molecule has 1 saturated heterocycles. The summed E-state index contributed by atoms with van der Waals surface area (Å²) in [5.41, 5.74) is 0.507. The minimum absolute atomic E-state index is 0.0112. The topological polar surface area (TPSA) is 72.2 Å². The van der Waals surface area contributed by atoms with E-state index in [1.54, 1.807) is 53.5 Å². The Balaban J connectivity index is 1.72. The van der Waals surface area contributed by atoms with Crippen molar-refractivity contribution in [2.45, 2.75) is 38.8 Å². The molecule has 2 aromatic rings. The van der Waals surface area contributed by atoms with Crippen LogP contribution in [0.15, 0.2) is 47.1 Å². The third kappa shape index (κ3) is 5.86. The van der Waals surface area contributed by atoms with Crippen LogP contribution in [0.5, 0.6) is 5.75 Å². The summed E-state index contributed by atoms with van der Waals surface area (Å²) < 4.78 is 16.4. The number of carbonyl (C=O) groups excluding carboxylic acids is 2. The zero-order chi connectivity index (χ0) is 21.3. The number of ether oxygens (including phenoxy) is 2. The molecule has 0 aliphatic carbocycles. The molecule has 7 heteroatoms. The van der Waals surface area contributed by atoms with Crippen molar-refractivity contribution in [2.24, 2.45) is 0 Å². The molecule has 30 heavy (non-hydrogen) atoms. The SMILES string of the molecule is CCCN(CC(=O)N(Cc1ccco1)CC1CCCO1)C(=O)c1cccc(OC)c1. The molecule has 2 amide bonds. The number of amides is 2. The average Bonchev–Trinajstić information content (AvgIpc) is 3.47. The first-order valence-electron chi connectivity index (χ1n) is 10.5. The van der Waals surface area contributed by atoms with Crippen molar-refractivity contribution in [3.05, 3.63) is 54.0 Å². The predicted octanol–water partition coefficient (Wildman–Crippen LogP) is 3.35. The largest absolute Gasteiger partial charge is 0.497 e. The van der Waals surface area contributed by atoms with E-state index in [-0.39, 0.29) is 24.5 Å². The number of hydrogen-bond donors (Lipinski definition) is 0. The fourth-order valence-corrected chi connectivity index (χ4v) is 3.60. The Bertz CT molecular complexity index is 815. The highest BCUT2D eigenvalue weighted by molar-refractivity contribution is 5.96. The summed E-state index contributed by atoms with van der Waals surface area (Å²) >= 11 is 0. The molecule has 0 radical (unpaired) electrons. The zero-order valence-electron chi connectivity index (χ0n) is 17.7. The molecule has 1 aliphatic heterocycles. The third-order valence-electron chi connectivity index (χ3n) is 5.15. The number of hydrogen-bond acceptors (Lipinski definition) is 5. The van der Waals surface area contributed by atoms with Crippen LogP contribution in [0.25, 0.3) is 0 Å². The zero-order valence-corrected chi connectivity index (χ0v) is 17.7. The summed E-state index contributed by atoms with van der Waals surface area (Å²) in [6.45, 7) is 4.08. The lowest BCUT2D eigenvalue weighted by molar-refractivity contribution is -0.134. The van der Waals surface area contributed by atoms with Gasteiger partial charge < -0.3 is 23.7 Å². The smallest absolute Gasteiger partial charge is 0.254 e. The van der Waals surface area contributed by atoms with Crippen molar-refractivity contribution in [3.8, 4) is 5.75 Å². The van der Waals surface area contributed by atoms with E-state index in [0.717, 1.165) is 25.9 Å². The van der Waals surface area contributed by atoms with E-state index in [1.165, 1.54) is 0 Å². The molecular formula is C23H30N2O5. The van der Waals surface area contributed by atoms with Gasteiger partial charge in [-0.2, -0.15) is 0 Å². The Morgan fingerprint density at radius 2 is 2.07 bits per heavy atom. The first-order chi connectivity index (χ1) is 14.6. The number of methoxy groups -OCH3 is 1. The van der Waals surface area contributed by atoms with E-state index < -0.39 is 0 Å². The van der Waals surface area contributed by atoms with Crippen LogP contribution in [-0.4, -0.2) is 61.1 Å². The summed E-state index contributed by atoms with van der Waals surface area (Å²) in [7, 11) is 1.56. The highest BCUT2D eigenvalue weighted by Crippen LogP contribution is 2.18. The van der Waals surface area contributed by atoms with E-state index in [2.05, 4.69) is 0 Å². The predicted molar refractivity (Wildman–Crippen MR) is 112 cm³/mol. The molecule has 2 heterocycles. The molecule has 0 spiro atoms. The minimum Gasteiger partial charge on any atom is -0.497 e. The Labute approximate surface area is 177 Å². The fraction of sp³-hybridized carbons (Fsp3) is 0.478. The van der Waals surface area contributed by atoms with Crippen LogP contribution in [0.2, 0.25) is 0 Å². The Kier molecular flexibility index (Phi) is 7.90. The third-order valence-corrected chi connectivity index (χ3v) is 5.15. The fourth-order valence-electron chi connectivity index (χ4n) is 3.60. The second-order valence-corrected chi connectivity index (χ2v) is 7.45. The minimum atomic E-state index is -0.181. The first kappa shape index (κ1) is 21.9. The average molecular weight is 415 g/mol. The number of rotatable bonds is 10. The van der Waals surface area contributed by atoms with Gasteiger partial charge in [0, 0.05) is 25.3 Å². The van der Waals surface area contributed by atoms with Crippen LogP contribution in [0.4, 0.5) is 0 Å². The van der Waals surface area contributed by atoms with Crippen LogP contribution < -0.4 is 4.74 Å². The van der Waals surface area contributed by atoms with Gasteiger partial charge in [-0.05, 0) is 49.6 Å². The second kappa shape index (κ2) is 10.8. The maximum absolute atomic E-state index is 13.2. The molecule has 3 rings (SSSR count). The lowest BCUT2D eigenvalue weighted by Crippen LogP contribution is -2.45. The Hall–Kier alpha value is -2.80. The van der Waals surface area contributed by atoms with E-state index in [9.17, 15) is 9.59 Å². The molecule has 1 aliphatic rings. The standard InChI is InChI=1S/C23H30N2O5/c1-3-11-24(23(27)18-7-4-8-19(14-18)28-2)17-22(26)25(15-20-9-5-12-29-20)16-21-10-6-13-30-21/h4-5,7-9,12,14,21H,3,6,10-11,13,15-17H2,1-2H3. The summed E-state index contributed by atoms with van der Waals surface area (Å²) in [6.07, 6.45) is 4.32. The van der Waals surface area contributed by atoms with E-state index in [1.807, 2.05) is 13.0 Å². The Morgan fingerprint density at radius 1 is 1.20 bits per heavy atom. The lowest BCUT2D eigenvalue weighted by atomic mass is 10.1. The van der Waals surface area contributed by atoms with E-state index >= 15 is 0 Å². The quantitative estimate of drug-likeness (QED) is 0.596. The Morgan fingerprint density at radius 3 is 2.73 bits per heavy atom. The van der Waals surface area contributed by atoms with Gasteiger partial charge in [0.15, 0.2) is 0 Å². The van der Waals surface area contributed by atoms with Crippen molar-refractivity contribution >= 4 is 11.8 Å². The lowest BCUT2D eigenvalue weighted by Gasteiger charge is -2.28. The van der Waals surface area contributed by atoms with Crippen molar-refractivity contribution < 1.29 is 23.5 Å². The van der Waals surface area contributed by atoms with Crippen LogP contribution in [-0.2, 0) is 16.1 Å². The van der Waals surface area contributed by atoms with Gasteiger partial charge in [-0.25, -0.2) is 0 Å². The molecule has 1 unspecified atom stereocenters. The van der Waals surface area contributed by atoms with Crippen molar-refractivity contribution in [3.63, 3.8) is 0 Å². The van der Waals surface area contributed by atoms with Crippen molar-refractivity contribution in [1.82, 2.24) is 9.80 Å². The van der Waals surface area contributed by atoms with Gasteiger partial charge in [0.2, 0.25) is 5.91 Å². The summed E-state index contributed by atoms with van der Waals surface area (Å²) in [6, 6.07) is 10.7. The van der Waals surface area contributed by atoms with Crippen LogP contribution in [0.1, 0.15) is 42.3 Å². The maximum atomic E-state index is 13.2. The molecule has 7 nitrogen and oxygen atoms in total. The molecule has 162 valence electrons. The second-order valence-electron chi connectivity index (χ2n) is 7.45. The highest BCUT2D eigenvalue weighted by Gasteiger charge is 2.26. The number of benzene rings is 1.